The van der Waals surface area contributed by atoms with Crippen LogP contribution in [0.3, 0.4) is 0 Å². The van der Waals surface area contributed by atoms with Gasteiger partial charge in [0.15, 0.2) is 0 Å². The highest BCUT2D eigenvalue weighted by molar-refractivity contribution is 7.92. The van der Waals surface area contributed by atoms with Gasteiger partial charge in [-0.1, -0.05) is 42.5 Å². The molecule has 0 aromatic heterocycles. The molecule has 0 saturated carbocycles. The average Bonchev–Trinajstić information content (AvgIpc) is 2.93. The molecule has 9 nitrogen and oxygen atoms in total. The van der Waals surface area contributed by atoms with Gasteiger partial charge in [0, 0.05) is 25.1 Å². The third-order valence-corrected chi connectivity index (χ3v) is 7.41. The summed E-state index contributed by atoms with van der Waals surface area (Å²) in [5, 5.41) is 43.1. The van der Waals surface area contributed by atoms with Gasteiger partial charge in [0.25, 0.3) is 10.0 Å². The number of phenols is 3. The van der Waals surface area contributed by atoms with E-state index in [1.54, 1.807) is 42.5 Å². The molecule has 0 saturated heterocycles. The quantitative estimate of drug-likeness (QED) is 0.146. The molecule has 6 N–H and O–H groups in total. The van der Waals surface area contributed by atoms with Crippen molar-refractivity contribution in [3.63, 3.8) is 0 Å². The molecule has 0 heterocycles. The smallest absolute Gasteiger partial charge is 0.262 e. The minimum Gasteiger partial charge on any atom is -0.508 e. The molecule has 0 radical (unpaired) electrons. The summed E-state index contributed by atoms with van der Waals surface area (Å²) < 4.78 is 33.2. The standard InChI is InChI=1S/C29H30N2O7S/c32-22-10-6-20(7-11-22)27(21-8-12-23(33)13-9-21)18-30-17-24(34)19-38-25-14-15-29(35)28(16-25)31-39(36,37)26-4-2-1-3-5-26/h1-16,24,27,30-35H,17-19H2/t24-/m0/s1. The maximum atomic E-state index is 12.6. The first kappa shape index (κ1) is 27.8. The summed E-state index contributed by atoms with van der Waals surface area (Å²) in [6.07, 6.45) is -0.886. The van der Waals surface area contributed by atoms with Crippen LogP contribution in [0.15, 0.2) is 102 Å². The van der Waals surface area contributed by atoms with Gasteiger partial charge >= 0.3 is 0 Å². The summed E-state index contributed by atoms with van der Waals surface area (Å²) in [6.45, 7) is 0.598. The highest BCUT2D eigenvalue weighted by Crippen LogP contribution is 2.30. The van der Waals surface area contributed by atoms with E-state index in [0.717, 1.165) is 11.1 Å². The van der Waals surface area contributed by atoms with Gasteiger partial charge in [-0.05, 0) is 59.7 Å². The van der Waals surface area contributed by atoms with Gasteiger partial charge in [0.1, 0.15) is 35.7 Å². The third kappa shape index (κ3) is 7.64. The fourth-order valence-corrected chi connectivity index (χ4v) is 5.06. The molecule has 0 fully saturated rings. The molecule has 1 atom stereocenters. The van der Waals surface area contributed by atoms with E-state index in [4.69, 9.17) is 4.74 Å². The van der Waals surface area contributed by atoms with Gasteiger partial charge < -0.3 is 30.5 Å². The number of benzene rings is 4. The molecular formula is C29H30N2O7S. The van der Waals surface area contributed by atoms with E-state index >= 15 is 0 Å². The molecular weight excluding hydrogens is 520 g/mol. The molecule has 0 amide bonds. The van der Waals surface area contributed by atoms with E-state index < -0.39 is 16.1 Å². The van der Waals surface area contributed by atoms with Gasteiger partial charge in [0.2, 0.25) is 0 Å². The number of aliphatic hydroxyl groups excluding tert-OH is 1. The number of sulfonamides is 1. The Morgan fingerprint density at radius 1 is 0.744 bits per heavy atom. The molecule has 4 aromatic rings. The Balaban J connectivity index is 1.34. The van der Waals surface area contributed by atoms with Crippen molar-refractivity contribution in [1.82, 2.24) is 5.32 Å². The van der Waals surface area contributed by atoms with Crippen LogP contribution in [0.25, 0.3) is 0 Å². The maximum Gasteiger partial charge on any atom is 0.262 e. The molecule has 4 aromatic carbocycles. The maximum absolute atomic E-state index is 12.6. The Kier molecular flexibility index (Phi) is 8.92. The largest absolute Gasteiger partial charge is 0.508 e. The van der Waals surface area contributed by atoms with Crippen molar-refractivity contribution in [3.8, 4) is 23.0 Å². The zero-order valence-corrected chi connectivity index (χ0v) is 21.8. The van der Waals surface area contributed by atoms with E-state index in [1.807, 2.05) is 24.3 Å². The molecule has 204 valence electrons. The second-order valence-corrected chi connectivity index (χ2v) is 10.6. The highest BCUT2D eigenvalue weighted by atomic mass is 32.2. The van der Waals surface area contributed by atoms with Crippen molar-refractivity contribution < 1.29 is 33.6 Å². The summed E-state index contributed by atoms with van der Waals surface area (Å²) in [5.41, 5.74) is 1.85. The van der Waals surface area contributed by atoms with Crippen LogP contribution in [0.5, 0.6) is 23.0 Å². The number of hydrogen-bond acceptors (Lipinski definition) is 8. The molecule has 0 aliphatic rings. The van der Waals surface area contributed by atoms with Gasteiger partial charge in [-0.2, -0.15) is 0 Å². The van der Waals surface area contributed by atoms with Crippen molar-refractivity contribution in [2.24, 2.45) is 0 Å². The summed E-state index contributed by atoms with van der Waals surface area (Å²) >= 11 is 0. The normalized spacial score (nSPS) is 12.3. The summed E-state index contributed by atoms with van der Waals surface area (Å²) in [7, 11) is -3.91. The molecule has 39 heavy (non-hydrogen) atoms. The lowest BCUT2D eigenvalue weighted by Gasteiger charge is -2.21. The Hall–Kier alpha value is -4.25. The molecule has 4 rings (SSSR count). The number of phenolic OH excluding ortho intramolecular Hbond substituents is 3. The Morgan fingerprint density at radius 3 is 1.92 bits per heavy atom. The van der Waals surface area contributed by atoms with Crippen LogP contribution >= 0.6 is 0 Å². The highest BCUT2D eigenvalue weighted by Gasteiger charge is 2.18. The van der Waals surface area contributed by atoms with Crippen molar-refractivity contribution in [3.05, 3.63) is 108 Å². The number of hydrogen-bond donors (Lipinski definition) is 6. The zero-order chi connectivity index (χ0) is 27.8. The number of aliphatic hydroxyl groups is 1. The Morgan fingerprint density at radius 2 is 1.33 bits per heavy atom. The predicted molar refractivity (Wildman–Crippen MR) is 148 cm³/mol. The SMILES string of the molecule is O=S(=O)(Nc1cc(OC[C@@H](O)CNCC(c2ccc(O)cc2)c2ccc(O)cc2)ccc1O)c1ccccc1. The van der Waals surface area contributed by atoms with Crippen LogP contribution in [0.4, 0.5) is 5.69 Å². The van der Waals surface area contributed by atoms with Crippen molar-refractivity contribution in [2.45, 2.75) is 16.9 Å². The molecule has 10 heteroatoms. The van der Waals surface area contributed by atoms with E-state index in [-0.39, 0.29) is 52.7 Å². The first-order chi connectivity index (χ1) is 18.7. The fourth-order valence-electron chi connectivity index (χ4n) is 3.98. The second-order valence-electron chi connectivity index (χ2n) is 8.96. The van der Waals surface area contributed by atoms with Crippen LogP contribution in [0.1, 0.15) is 17.0 Å². The Labute approximate surface area is 227 Å². The number of aromatic hydroxyl groups is 3. The lowest BCUT2D eigenvalue weighted by Crippen LogP contribution is -2.34. The zero-order valence-electron chi connectivity index (χ0n) is 20.9. The Bertz CT molecular complexity index is 1420. The van der Waals surface area contributed by atoms with Crippen molar-refractivity contribution in [2.75, 3.05) is 24.4 Å². The molecule has 0 aliphatic heterocycles. The first-order valence-electron chi connectivity index (χ1n) is 12.2. The number of anilines is 1. The van der Waals surface area contributed by atoms with Gasteiger partial charge in [-0.25, -0.2) is 8.42 Å². The summed E-state index contributed by atoms with van der Waals surface area (Å²) in [5.74, 6) is 0.224. The van der Waals surface area contributed by atoms with E-state index in [9.17, 15) is 28.8 Å². The van der Waals surface area contributed by atoms with E-state index in [0.29, 0.717) is 6.54 Å². The third-order valence-electron chi connectivity index (χ3n) is 6.03. The molecule has 0 spiro atoms. The van der Waals surface area contributed by atoms with Crippen LogP contribution in [0, 0.1) is 0 Å². The minimum atomic E-state index is -3.91. The fraction of sp³-hybridized carbons (Fsp3) is 0.172. The lowest BCUT2D eigenvalue weighted by molar-refractivity contribution is 0.106. The van der Waals surface area contributed by atoms with Gasteiger partial charge in [0.05, 0.1) is 10.6 Å². The van der Waals surface area contributed by atoms with Crippen LogP contribution in [0.2, 0.25) is 0 Å². The molecule has 0 aliphatic carbocycles. The van der Waals surface area contributed by atoms with Crippen LogP contribution in [-0.2, 0) is 10.0 Å². The minimum absolute atomic E-state index is 0.0467. The summed E-state index contributed by atoms with van der Waals surface area (Å²) in [6, 6.07) is 25.6. The van der Waals surface area contributed by atoms with Crippen LogP contribution in [-0.4, -0.2) is 54.6 Å². The van der Waals surface area contributed by atoms with Crippen molar-refractivity contribution >= 4 is 15.7 Å². The number of ether oxygens (including phenoxy) is 1. The van der Waals surface area contributed by atoms with E-state index in [1.165, 1.54) is 30.3 Å². The topological polar surface area (TPSA) is 148 Å². The number of rotatable bonds is 12. The van der Waals surface area contributed by atoms with E-state index in [2.05, 4.69) is 10.0 Å². The van der Waals surface area contributed by atoms with Crippen LogP contribution < -0.4 is 14.8 Å². The first-order valence-corrected chi connectivity index (χ1v) is 13.7. The van der Waals surface area contributed by atoms with Crippen molar-refractivity contribution in [1.29, 1.82) is 0 Å². The van der Waals surface area contributed by atoms with Gasteiger partial charge in [-0.3, -0.25) is 4.72 Å². The molecule has 0 bridgehead atoms. The molecule has 0 unspecified atom stereocenters. The second kappa shape index (κ2) is 12.5. The van der Waals surface area contributed by atoms with Gasteiger partial charge in [-0.15, -0.1) is 0 Å². The average molecular weight is 551 g/mol. The predicted octanol–water partition coefficient (Wildman–Crippen LogP) is 3.77. The monoisotopic (exact) mass is 550 g/mol. The summed E-state index contributed by atoms with van der Waals surface area (Å²) in [4.78, 5) is 0.0510. The lowest BCUT2D eigenvalue weighted by atomic mass is 9.91. The number of nitrogens with one attached hydrogen (secondary N) is 2.